The van der Waals surface area contributed by atoms with Crippen LogP contribution in [0.1, 0.15) is 37.9 Å². The molecule has 0 amide bonds. The van der Waals surface area contributed by atoms with Gasteiger partial charge >= 0.3 is 5.69 Å². The second kappa shape index (κ2) is 9.41. The Hall–Kier alpha value is -3.72. The van der Waals surface area contributed by atoms with Gasteiger partial charge in [0.05, 0.1) is 10.9 Å². The number of hydrogen-bond donors (Lipinski definition) is 1. The van der Waals surface area contributed by atoms with Crippen molar-refractivity contribution in [3.05, 3.63) is 80.8 Å². The number of hydrogen-bond acceptors (Lipinski definition) is 3. The van der Waals surface area contributed by atoms with Crippen LogP contribution in [0.5, 0.6) is 0 Å². The zero-order valence-electron chi connectivity index (χ0n) is 19.3. The van der Waals surface area contributed by atoms with Gasteiger partial charge in [-0.2, -0.15) is 0 Å². The molecule has 0 aliphatic carbocycles. The van der Waals surface area contributed by atoms with Crippen LogP contribution in [0.15, 0.2) is 58.3 Å². The molecule has 2 heterocycles. The Labute approximate surface area is 192 Å². The van der Waals surface area contributed by atoms with Gasteiger partial charge in [-0.05, 0) is 35.1 Å². The first kappa shape index (κ1) is 22.5. The van der Waals surface area contributed by atoms with Crippen molar-refractivity contribution in [1.29, 1.82) is 0 Å². The predicted molar refractivity (Wildman–Crippen MR) is 132 cm³/mol. The van der Waals surface area contributed by atoms with Crippen molar-refractivity contribution < 1.29 is 5.11 Å². The molecule has 33 heavy (non-hydrogen) atoms. The van der Waals surface area contributed by atoms with Gasteiger partial charge in [-0.25, -0.2) is 4.79 Å². The van der Waals surface area contributed by atoms with Crippen LogP contribution >= 0.6 is 0 Å². The van der Waals surface area contributed by atoms with Gasteiger partial charge in [0.25, 0.3) is 5.56 Å². The summed E-state index contributed by atoms with van der Waals surface area (Å²) in [5.74, 6) is 2.94. The van der Waals surface area contributed by atoms with Gasteiger partial charge in [0.15, 0.2) is 0 Å². The molecule has 0 bridgehead atoms. The third-order valence-corrected chi connectivity index (χ3v) is 6.06. The smallest absolute Gasteiger partial charge is 0.331 e. The van der Waals surface area contributed by atoms with Crippen LogP contribution in [0.2, 0.25) is 0 Å². The monoisotopic (exact) mass is 443 g/mol. The first-order valence-electron chi connectivity index (χ1n) is 11.3. The lowest BCUT2D eigenvalue weighted by Crippen LogP contribution is -2.38. The minimum Gasteiger partial charge on any atom is -0.462 e. The maximum Gasteiger partial charge on any atom is 0.331 e. The second-order valence-electron chi connectivity index (χ2n) is 8.90. The van der Waals surface area contributed by atoms with E-state index in [1.807, 2.05) is 30.5 Å². The summed E-state index contributed by atoms with van der Waals surface area (Å²) in [5.41, 5.74) is 2.17. The summed E-state index contributed by atoms with van der Waals surface area (Å²) in [4.78, 5) is 26.2. The van der Waals surface area contributed by atoms with Gasteiger partial charge < -0.3 is 9.67 Å². The van der Waals surface area contributed by atoms with E-state index in [0.717, 1.165) is 11.3 Å². The number of aliphatic hydroxyl groups is 1. The average molecular weight is 444 g/mol. The standard InChI is InChI=1S/C27H29N3O3/c1-19(2)16-30-24-18-29(17-21-12-9-11-20-10-6-7-13-22(20)21)23(14-5-4-8-15-31)25(24)26(32)28(3)27(30)33/h6-7,9-13,18-19,31H,4-5,14,16-17H2,1-3H3. The molecule has 6 heteroatoms. The minimum atomic E-state index is -0.291. The number of rotatable bonds is 7. The van der Waals surface area contributed by atoms with Crippen LogP contribution in [0.4, 0.5) is 0 Å². The molecule has 170 valence electrons. The van der Waals surface area contributed by atoms with E-state index >= 15 is 0 Å². The molecule has 4 rings (SSSR count). The molecule has 0 aliphatic heterocycles. The van der Waals surface area contributed by atoms with Gasteiger partial charge in [0, 0.05) is 38.4 Å². The molecule has 0 spiro atoms. The first-order chi connectivity index (χ1) is 15.9. The molecule has 0 fully saturated rings. The maximum absolute atomic E-state index is 13.2. The Morgan fingerprint density at radius 1 is 1.06 bits per heavy atom. The molecular weight excluding hydrogens is 414 g/mol. The zero-order chi connectivity index (χ0) is 23.5. The summed E-state index contributed by atoms with van der Waals surface area (Å²) >= 11 is 0. The van der Waals surface area contributed by atoms with E-state index in [9.17, 15) is 9.59 Å². The van der Waals surface area contributed by atoms with E-state index in [2.05, 4.69) is 48.6 Å². The minimum absolute atomic E-state index is 0.257. The highest BCUT2D eigenvalue weighted by molar-refractivity contribution is 5.86. The highest BCUT2D eigenvalue weighted by atomic mass is 16.2. The molecule has 2 aromatic carbocycles. The Morgan fingerprint density at radius 2 is 1.82 bits per heavy atom. The highest BCUT2D eigenvalue weighted by Crippen LogP contribution is 2.24. The van der Waals surface area contributed by atoms with Gasteiger partial charge in [-0.1, -0.05) is 62.2 Å². The highest BCUT2D eigenvalue weighted by Gasteiger charge is 2.20. The molecule has 2 aromatic heterocycles. The number of aromatic nitrogens is 3. The fourth-order valence-corrected chi connectivity index (χ4v) is 4.52. The van der Waals surface area contributed by atoms with Gasteiger partial charge in [0.1, 0.15) is 6.11 Å². The number of fused-ring (bicyclic) bond motifs is 2. The fourth-order valence-electron chi connectivity index (χ4n) is 4.52. The normalized spacial score (nSPS) is 11.3. The van der Waals surface area contributed by atoms with E-state index in [1.54, 1.807) is 11.6 Å². The lowest BCUT2D eigenvalue weighted by Gasteiger charge is -2.12. The Morgan fingerprint density at radius 3 is 2.58 bits per heavy atom. The average Bonchev–Trinajstić information content (AvgIpc) is 3.16. The van der Waals surface area contributed by atoms with Crippen LogP contribution in [-0.2, 0) is 26.6 Å². The molecule has 0 radical (unpaired) electrons. The number of aryl methyl sites for hydroxylation is 1. The van der Waals surface area contributed by atoms with E-state index in [-0.39, 0.29) is 17.2 Å². The van der Waals surface area contributed by atoms with E-state index in [0.29, 0.717) is 43.3 Å². The number of benzene rings is 2. The van der Waals surface area contributed by atoms with Crippen LogP contribution in [-0.4, -0.2) is 18.8 Å². The van der Waals surface area contributed by atoms with E-state index in [4.69, 9.17) is 5.11 Å². The first-order valence-corrected chi connectivity index (χ1v) is 11.3. The van der Waals surface area contributed by atoms with Crippen LogP contribution in [0.25, 0.3) is 21.7 Å². The van der Waals surface area contributed by atoms with E-state index < -0.39 is 0 Å². The SMILES string of the molecule is CC(C)Cn1c(=O)n(C)c(=O)c2c(CCCC#CO)n(Cc3cccc4ccccc34)cc21. The van der Waals surface area contributed by atoms with Gasteiger partial charge in [-0.3, -0.25) is 13.9 Å². The van der Waals surface area contributed by atoms with Crippen molar-refractivity contribution in [2.75, 3.05) is 0 Å². The molecule has 4 aromatic rings. The Bertz CT molecular complexity index is 1490. The Balaban J connectivity index is 1.93. The fraction of sp³-hybridized carbons (Fsp3) is 0.333. The van der Waals surface area contributed by atoms with Gasteiger partial charge in [-0.15, -0.1) is 0 Å². The quantitative estimate of drug-likeness (QED) is 0.347. The molecule has 6 nitrogen and oxygen atoms in total. The molecule has 0 aliphatic rings. The molecular formula is C27H29N3O3. The predicted octanol–water partition coefficient (Wildman–Crippen LogP) is 4.02. The summed E-state index contributed by atoms with van der Waals surface area (Å²) in [6.07, 6.45) is 5.76. The maximum atomic E-state index is 13.2. The van der Waals surface area contributed by atoms with Crippen molar-refractivity contribution in [3.63, 3.8) is 0 Å². The zero-order valence-corrected chi connectivity index (χ0v) is 19.3. The van der Waals surface area contributed by atoms with Crippen LogP contribution in [0.3, 0.4) is 0 Å². The lowest BCUT2D eigenvalue weighted by molar-refractivity contribution is 0.502. The largest absolute Gasteiger partial charge is 0.462 e. The second-order valence-corrected chi connectivity index (χ2v) is 8.90. The van der Waals surface area contributed by atoms with Crippen LogP contribution in [0, 0.1) is 17.9 Å². The summed E-state index contributed by atoms with van der Waals surface area (Å²) < 4.78 is 5.04. The number of aliphatic hydroxyl groups excluding tert-OH is 1. The number of nitrogens with zero attached hydrogens (tertiary/aromatic N) is 3. The molecule has 0 atom stereocenters. The van der Waals surface area contributed by atoms with Crippen molar-refractivity contribution >= 4 is 21.7 Å². The van der Waals surface area contributed by atoms with Crippen molar-refractivity contribution in [3.8, 4) is 12.0 Å². The lowest BCUT2D eigenvalue weighted by atomic mass is 10.0. The summed E-state index contributed by atoms with van der Waals surface area (Å²) in [6.45, 7) is 5.25. The van der Waals surface area contributed by atoms with Crippen molar-refractivity contribution in [2.45, 2.75) is 46.2 Å². The molecule has 1 N–H and O–H groups in total. The van der Waals surface area contributed by atoms with Crippen molar-refractivity contribution in [2.24, 2.45) is 13.0 Å². The Kier molecular flexibility index (Phi) is 6.41. The summed E-state index contributed by atoms with van der Waals surface area (Å²) in [5, 5.41) is 11.7. The van der Waals surface area contributed by atoms with Crippen LogP contribution < -0.4 is 11.2 Å². The topological polar surface area (TPSA) is 69.2 Å². The summed E-state index contributed by atoms with van der Waals surface area (Å²) in [7, 11) is 1.55. The third kappa shape index (κ3) is 4.31. The molecule has 0 saturated carbocycles. The van der Waals surface area contributed by atoms with Crippen molar-refractivity contribution in [1.82, 2.24) is 13.7 Å². The molecule has 0 unspecified atom stereocenters. The molecule has 0 saturated heterocycles. The third-order valence-electron chi connectivity index (χ3n) is 6.06. The number of unbranched alkanes of at least 4 members (excludes halogenated alkanes) is 1. The van der Waals surface area contributed by atoms with E-state index in [1.165, 1.54) is 15.3 Å². The van der Waals surface area contributed by atoms with Gasteiger partial charge in [0.2, 0.25) is 0 Å². The summed E-state index contributed by atoms with van der Waals surface area (Å²) in [6, 6.07) is 14.5.